The average molecular weight is 167 g/mol. The van der Waals surface area contributed by atoms with Gasteiger partial charge in [-0.2, -0.15) is 5.10 Å². The predicted molar refractivity (Wildman–Crippen MR) is 46.8 cm³/mol. The Morgan fingerprint density at radius 1 is 1.67 bits per heavy atom. The van der Waals surface area contributed by atoms with Crippen LogP contribution in [0.1, 0.15) is 13.3 Å². The standard InChI is InChI=1S/C8H13N3O/c1-2-7(12)6-9-8-4-3-5-10-11-8/h3-5,7,12H,2,6H2,1H3,(H,9,11). The van der Waals surface area contributed by atoms with Crippen molar-refractivity contribution in [1.82, 2.24) is 10.2 Å². The van der Waals surface area contributed by atoms with Gasteiger partial charge in [0.15, 0.2) is 0 Å². The molecule has 2 N–H and O–H groups in total. The Bertz CT molecular complexity index is 215. The molecule has 0 saturated carbocycles. The topological polar surface area (TPSA) is 58.0 Å². The van der Waals surface area contributed by atoms with Crippen molar-refractivity contribution >= 4 is 5.82 Å². The molecule has 0 saturated heterocycles. The van der Waals surface area contributed by atoms with Gasteiger partial charge < -0.3 is 10.4 Å². The highest BCUT2D eigenvalue weighted by molar-refractivity contribution is 5.31. The number of hydrogen-bond donors (Lipinski definition) is 2. The SMILES string of the molecule is CCC(O)CNc1cccnn1. The average Bonchev–Trinajstić information content (AvgIpc) is 2.16. The lowest BCUT2D eigenvalue weighted by Crippen LogP contribution is -2.18. The molecule has 66 valence electrons. The van der Waals surface area contributed by atoms with Crippen molar-refractivity contribution in [2.45, 2.75) is 19.4 Å². The van der Waals surface area contributed by atoms with Crippen LogP contribution in [-0.2, 0) is 0 Å². The molecule has 1 aromatic rings. The maximum absolute atomic E-state index is 9.21. The zero-order valence-corrected chi connectivity index (χ0v) is 7.07. The maximum Gasteiger partial charge on any atom is 0.148 e. The lowest BCUT2D eigenvalue weighted by Gasteiger charge is -2.08. The lowest BCUT2D eigenvalue weighted by molar-refractivity contribution is 0.183. The number of aromatic nitrogens is 2. The maximum atomic E-state index is 9.21. The van der Waals surface area contributed by atoms with E-state index in [9.17, 15) is 5.11 Å². The van der Waals surface area contributed by atoms with Gasteiger partial charge in [-0.25, -0.2) is 0 Å². The van der Waals surface area contributed by atoms with Crippen LogP contribution in [0.5, 0.6) is 0 Å². The van der Waals surface area contributed by atoms with E-state index in [2.05, 4.69) is 15.5 Å². The Morgan fingerprint density at radius 2 is 2.50 bits per heavy atom. The largest absolute Gasteiger partial charge is 0.391 e. The molecular weight excluding hydrogens is 154 g/mol. The fraction of sp³-hybridized carbons (Fsp3) is 0.500. The molecule has 0 fully saturated rings. The van der Waals surface area contributed by atoms with Crippen molar-refractivity contribution in [3.63, 3.8) is 0 Å². The Morgan fingerprint density at radius 3 is 3.08 bits per heavy atom. The van der Waals surface area contributed by atoms with Gasteiger partial charge in [0.25, 0.3) is 0 Å². The van der Waals surface area contributed by atoms with Crippen LogP contribution in [0.4, 0.5) is 5.82 Å². The third-order valence-corrected chi connectivity index (χ3v) is 1.56. The molecule has 0 radical (unpaired) electrons. The van der Waals surface area contributed by atoms with Crippen LogP contribution in [-0.4, -0.2) is 28.0 Å². The van der Waals surface area contributed by atoms with Gasteiger partial charge in [0.2, 0.25) is 0 Å². The van der Waals surface area contributed by atoms with Gasteiger partial charge in [-0.15, -0.1) is 5.10 Å². The Hall–Kier alpha value is -1.16. The van der Waals surface area contributed by atoms with Crippen LogP contribution in [0, 0.1) is 0 Å². The third kappa shape index (κ3) is 2.84. The van der Waals surface area contributed by atoms with E-state index in [1.165, 1.54) is 0 Å². The van der Waals surface area contributed by atoms with E-state index in [0.29, 0.717) is 12.4 Å². The van der Waals surface area contributed by atoms with Crippen molar-refractivity contribution in [3.8, 4) is 0 Å². The summed E-state index contributed by atoms with van der Waals surface area (Å²) in [5.74, 6) is 0.699. The van der Waals surface area contributed by atoms with Crippen molar-refractivity contribution in [3.05, 3.63) is 18.3 Å². The number of nitrogens with one attached hydrogen (secondary N) is 1. The summed E-state index contributed by atoms with van der Waals surface area (Å²) in [7, 11) is 0. The van der Waals surface area contributed by atoms with Crippen molar-refractivity contribution < 1.29 is 5.11 Å². The molecule has 0 aliphatic carbocycles. The number of nitrogens with zero attached hydrogens (tertiary/aromatic N) is 2. The van der Waals surface area contributed by atoms with Gasteiger partial charge >= 0.3 is 0 Å². The van der Waals surface area contributed by atoms with Crippen LogP contribution in [0.3, 0.4) is 0 Å². The van der Waals surface area contributed by atoms with Gasteiger partial charge in [-0.3, -0.25) is 0 Å². The molecule has 4 heteroatoms. The first-order chi connectivity index (χ1) is 5.83. The highest BCUT2D eigenvalue weighted by Gasteiger charge is 1.99. The first kappa shape index (κ1) is 8.93. The number of aliphatic hydroxyl groups excluding tert-OH is 1. The molecule has 1 unspecified atom stereocenters. The van der Waals surface area contributed by atoms with E-state index in [-0.39, 0.29) is 6.10 Å². The van der Waals surface area contributed by atoms with E-state index in [1.54, 1.807) is 12.3 Å². The fourth-order valence-electron chi connectivity index (χ4n) is 0.763. The van der Waals surface area contributed by atoms with Crippen LogP contribution < -0.4 is 5.32 Å². The second-order valence-electron chi connectivity index (χ2n) is 2.55. The van der Waals surface area contributed by atoms with Gasteiger partial charge in [0.05, 0.1) is 6.10 Å². The smallest absolute Gasteiger partial charge is 0.148 e. The van der Waals surface area contributed by atoms with Crippen molar-refractivity contribution in [2.24, 2.45) is 0 Å². The molecule has 0 aromatic carbocycles. The quantitative estimate of drug-likeness (QED) is 0.691. The summed E-state index contributed by atoms with van der Waals surface area (Å²) in [6.07, 6.45) is 2.04. The Balaban J connectivity index is 2.33. The number of rotatable bonds is 4. The molecule has 0 amide bonds. The molecule has 1 atom stereocenters. The van der Waals surface area contributed by atoms with Gasteiger partial charge in [0, 0.05) is 12.7 Å². The highest BCUT2D eigenvalue weighted by atomic mass is 16.3. The molecule has 0 spiro atoms. The van der Waals surface area contributed by atoms with E-state index in [0.717, 1.165) is 6.42 Å². The minimum atomic E-state index is -0.313. The molecule has 1 aromatic heterocycles. The van der Waals surface area contributed by atoms with Crippen molar-refractivity contribution in [1.29, 1.82) is 0 Å². The lowest BCUT2D eigenvalue weighted by atomic mass is 10.3. The minimum absolute atomic E-state index is 0.313. The number of aliphatic hydroxyl groups is 1. The van der Waals surface area contributed by atoms with Crippen LogP contribution in [0.15, 0.2) is 18.3 Å². The van der Waals surface area contributed by atoms with Gasteiger partial charge in [0.1, 0.15) is 5.82 Å². The summed E-state index contributed by atoms with van der Waals surface area (Å²) in [4.78, 5) is 0. The summed E-state index contributed by atoms with van der Waals surface area (Å²) in [5, 5.41) is 19.7. The third-order valence-electron chi connectivity index (χ3n) is 1.56. The molecule has 12 heavy (non-hydrogen) atoms. The van der Waals surface area contributed by atoms with Gasteiger partial charge in [-0.05, 0) is 18.6 Å². The molecule has 0 aliphatic rings. The van der Waals surface area contributed by atoms with Gasteiger partial charge in [-0.1, -0.05) is 6.92 Å². The first-order valence-corrected chi connectivity index (χ1v) is 4.02. The molecule has 0 aliphatic heterocycles. The summed E-state index contributed by atoms with van der Waals surface area (Å²) < 4.78 is 0. The zero-order valence-electron chi connectivity index (χ0n) is 7.07. The predicted octanol–water partition coefficient (Wildman–Crippen LogP) is 0.659. The summed E-state index contributed by atoms with van der Waals surface area (Å²) >= 11 is 0. The second kappa shape index (κ2) is 4.66. The normalized spacial score (nSPS) is 12.5. The van der Waals surface area contributed by atoms with Crippen LogP contribution >= 0.6 is 0 Å². The second-order valence-corrected chi connectivity index (χ2v) is 2.55. The minimum Gasteiger partial charge on any atom is -0.391 e. The number of hydrogen-bond acceptors (Lipinski definition) is 4. The Kier molecular flexibility index (Phi) is 3.47. The summed E-state index contributed by atoms with van der Waals surface area (Å²) in [6.45, 7) is 2.46. The monoisotopic (exact) mass is 167 g/mol. The zero-order chi connectivity index (χ0) is 8.81. The molecule has 1 rings (SSSR count). The van der Waals surface area contributed by atoms with E-state index in [4.69, 9.17) is 0 Å². The summed E-state index contributed by atoms with van der Waals surface area (Å²) in [6, 6.07) is 3.61. The fourth-order valence-corrected chi connectivity index (χ4v) is 0.763. The highest BCUT2D eigenvalue weighted by Crippen LogP contribution is 1.98. The number of anilines is 1. The molecular formula is C8H13N3O. The van der Waals surface area contributed by atoms with Crippen LogP contribution in [0.25, 0.3) is 0 Å². The Labute approximate surface area is 71.6 Å². The molecule has 0 bridgehead atoms. The molecule has 1 heterocycles. The van der Waals surface area contributed by atoms with Crippen molar-refractivity contribution in [2.75, 3.05) is 11.9 Å². The molecule has 4 nitrogen and oxygen atoms in total. The first-order valence-electron chi connectivity index (χ1n) is 4.02. The van der Waals surface area contributed by atoms with E-state index < -0.39 is 0 Å². The van der Waals surface area contributed by atoms with E-state index >= 15 is 0 Å². The van der Waals surface area contributed by atoms with Crippen LogP contribution in [0.2, 0.25) is 0 Å². The summed E-state index contributed by atoms with van der Waals surface area (Å²) in [5.41, 5.74) is 0. The van der Waals surface area contributed by atoms with E-state index in [1.807, 2.05) is 13.0 Å².